The largest absolute Gasteiger partial charge is 0.377 e. The van der Waals surface area contributed by atoms with Crippen LogP contribution in [0.2, 0.25) is 5.02 Å². The summed E-state index contributed by atoms with van der Waals surface area (Å²) in [6.07, 6.45) is 1.14. The molecule has 1 aliphatic heterocycles. The molecule has 19 heavy (non-hydrogen) atoms. The lowest BCUT2D eigenvalue weighted by molar-refractivity contribution is 0.670. The first-order chi connectivity index (χ1) is 9.13. The van der Waals surface area contributed by atoms with E-state index in [1.54, 1.807) is 0 Å². The summed E-state index contributed by atoms with van der Waals surface area (Å²) >= 11 is 12.4. The average Bonchev–Trinajstić information content (AvgIpc) is 2.80. The summed E-state index contributed by atoms with van der Waals surface area (Å²) < 4.78 is 2.61. The van der Waals surface area contributed by atoms with Gasteiger partial charge in [-0.1, -0.05) is 18.5 Å². The Kier molecular flexibility index (Phi) is 4.31. The van der Waals surface area contributed by atoms with Crippen molar-refractivity contribution in [1.82, 2.24) is 0 Å². The molecule has 1 nitrogen and oxygen atoms in total. The fraction of sp³-hybridized carbons (Fsp3) is 0.286. The topological polar surface area (TPSA) is 12.0 Å². The molecule has 1 aromatic carbocycles. The van der Waals surface area contributed by atoms with Crippen LogP contribution in [0.25, 0.3) is 0 Å². The van der Waals surface area contributed by atoms with Gasteiger partial charge in [0, 0.05) is 8.82 Å². The van der Waals surface area contributed by atoms with E-state index in [1.807, 2.05) is 29.2 Å². The smallest absolute Gasteiger partial charge is 0.0653 e. The van der Waals surface area contributed by atoms with Gasteiger partial charge >= 0.3 is 0 Å². The molecular formula is C14H13ClINS2. The van der Waals surface area contributed by atoms with Gasteiger partial charge in [-0.2, -0.15) is 0 Å². The molecular weight excluding hydrogens is 409 g/mol. The molecule has 1 aliphatic rings. The number of hydrogen-bond acceptors (Lipinski definition) is 3. The van der Waals surface area contributed by atoms with E-state index < -0.39 is 0 Å². The Hall–Kier alpha value is 0.0900. The van der Waals surface area contributed by atoms with E-state index >= 15 is 0 Å². The second-order valence-electron chi connectivity index (χ2n) is 4.65. The summed E-state index contributed by atoms with van der Waals surface area (Å²) in [4.78, 5) is 0. The molecule has 0 saturated heterocycles. The highest BCUT2D eigenvalue weighted by molar-refractivity contribution is 14.1. The normalized spacial score (nSPS) is 22.1. The predicted octanol–water partition coefficient (Wildman–Crippen LogP) is 6.04. The second kappa shape index (κ2) is 5.84. The number of rotatable bonds is 2. The van der Waals surface area contributed by atoms with E-state index in [-0.39, 0.29) is 0 Å². The maximum atomic E-state index is 6.32. The minimum atomic E-state index is 0.370. The number of hydrogen-bond donors (Lipinski definition) is 1. The van der Waals surface area contributed by atoms with Crippen molar-refractivity contribution in [2.24, 2.45) is 0 Å². The van der Waals surface area contributed by atoms with Crippen molar-refractivity contribution in [3.63, 3.8) is 0 Å². The lowest BCUT2D eigenvalue weighted by Gasteiger charge is -2.28. The molecule has 0 radical (unpaired) electrons. The molecule has 3 rings (SSSR count). The van der Waals surface area contributed by atoms with Crippen LogP contribution in [0.3, 0.4) is 0 Å². The number of fused-ring (bicyclic) bond motifs is 1. The van der Waals surface area contributed by atoms with E-state index in [4.69, 9.17) is 11.6 Å². The van der Waals surface area contributed by atoms with Gasteiger partial charge in [-0.05, 0) is 64.2 Å². The van der Waals surface area contributed by atoms with Crippen LogP contribution in [0, 0.1) is 3.57 Å². The van der Waals surface area contributed by atoms with Crippen molar-refractivity contribution in [3.8, 4) is 0 Å². The van der Waals surface area contributed by atoms with Crippen LogP contribution in [0.1, 0.15) is 24.9 Å². The van der Waals surface area contributed by atoms with Crippen LogP contribution >= 0.6 is 57.3 Å². The van der Waals surface area contributed by atoms with Gasteiger partial charge in [0.15, 0.2) is 0 Å². The molecule has 0 bridgehead atoms. The average molecular weight is 422 g/mol. The van der Waals surface area contributed by atoms with Gasteiger partial charge in [0.2, 0.25) is 0 Å². The first kappa shape index (κ1) is 14.0. The minimum absolute atomic E-state index is 0.370. The van der Waals surface area contributed by atoms with Crippen molar-refractivity contribution in [2.45, 2.75) is 28.8 Å². The van der Waals surface area contributed by atoms with Crippen molar-refractivity contribution < 1.29 is 0 Å². The highest BCUT2D eigenvalue weighted by atomic mass is 127. The molecule has 0 saturated carbocycles. The summed E-state index contributed by atoms with van der Waals surface area (Å²) in [6, 6.07) is 8.76. The van der Waals surface area contributed by atoms with Crippen LogP contribution in [0.5, 0.6) is 0 Å². The third-order valence-corrected chi connectivity index (χ3v) is 6.50. The maximum Gasteiger partial charge on any atom is 0.0653 e. The number of nitrogens with one attached hydrogen (secondary N) is 1. The molecule has 2 atom stereocenters. The van der Waals surface area contributed by atoms with Crippen LogP contribution < -0.4 is 5.32 Å². The van der Waals surface area contributed by atoms with E-state index in [0.717, 1.165) is 20.7 Å². The number of halogens is 2. The van der Waals surface area contributed by atoms with E-state index in [0.29, 0.717) is 11.3 Å². The van der Waals surface area contributed by atoms with Gasteiger partial charge in [0.1, 0.15) is 0 Å². The van der Waals surface area contributed by atoms with Gasteiger partial charge in [-0.3, -0.25) is 0 Å². The number of thiophene rings is 1. The van der Waals surface area contributed by atoms with E-state index in [1.165, 1.54) is 9.77 Å². The van der Waals surface area contributed by atoms with Gasteiger partial charge < -0.3 is 5.32 Å². The van der Waals surface area contributed by atoms with Crippen molar-refractivity contribution in [2.75, 3.05) is 5.32 Å². The molecule has 0 fully saturated rings. The van der Waals surface area contributed by atoms with Crippen LogP contribution in [-0.4, -0.2) is 5.25 Å². The number of benzene rings is 1. The first-order valence-corrected chi connectivity index (χ1v) is 9.30. The van der Waals surface area contributed by atoms with Crippen molar-refractivity contribution in [1.29, 1.82) is 0 Å². The van der Waals surface area contributed by atoms with Crippen molar-refractivity contribution >= 4 is 63.0 Å². The predicted molar refractivity (Wildman–Crippen MR) is 94.8 cm³/mol. The molecule has 1 N–H and O–H groups in total. The molecule has 1 aromatic heterocycles. The fourth-order valence-corrected chi connectivity index (χ4v) is 5.76. The van der Waals surface area contributed by atoms with Crippen LogP contribution in [0.4, 0.5) is 5.69 Å². The summed E-state index contributed by atoms with van der Waals surface area (Å²) in [6.45, 7) is 2.29. The molecule has 2 aromatic rings. The third-order valence-electron chi connectivity index (χ3n) is 3.17. The molecule has 2 heterocycles. The Bertz CT molecular complexity index is 599. The zero-order valence-electron chi connectivity index (χ0n) is 10.3. The summed E-state index contributed by atoms with van der Waals surface area (Å²) in [5.41, 5.74) is 2.45. The minimum Gasteiger partial charge on any atom is -0.377 e. The zero-order valence-corrected chi connectivity index (χ0v) is 14.9. The fourth-order valence-electron chi connectivity index (χ4n) is 2.28. The van der Waals surface area contributed by atoms with Gasteiger partial charge in [0.25, 0.3) is 0 Å². The van der Waals surface area contributed by atoms with Gasteiger partial charge in [-0.25, -0.2) is 0 Å². The molecule has 0 spiro atoms. The summed E-state index contributed by atoms with van der Waals surface area (Å²) in [7, 11) is 0. The molecule has 5 heteroatoms. The van der Waals surface area contributed by atoms with Gasteiger partial charge in [0.05, 0.1) is 21.0 Å². The molecule has 0 aliphatic carbocycles. The SMILES string of the molecule is C[C@H]1CC(Nc2ccc(I)cc2Cl)c2ccsc2S1. The maximum absolute atomic E-state index is 6.32. The zero-order chi connectivity index (χ0) is 13.4. The Balaban J connectivity index is 1.88. The third kappa shape index (κ3) is 3.06. The van der Waals surface area contributed by atoms with Crippen LogP contribution in [0.15, 0.2) is 33.9 Å². The Morgan fingerprint density at radius 3 is 3.00 bits per heavy atom. The Labute approximate surface area is 140 Å². The summed E-state index contributed by atoms with van der Waals surface area (Å²) in [5, 5.41) is 7.23. The Morgan fingerprint density at radius 2 is 2.21 bits per heavy atom. The number of anilines is 1. The van der Waals surface area contributed by atoms with Crippen molar-refractivity contribution in [3.05, 3.63) is 43.8 Å². The standard InChI is InChI=1S/C14H13ClINS2/c1-8-6-13(10-4-5-18-14(10)19-8)17-12-3-2-9(16)7-11(12)15/h2-5,7-8,13,17H,6H2,1H3/t8-,13?/m0/s1. The Morgan fingerprint density at radius 1 is 1.37 bits per heavy atom. The van der Waals surface area contributed by atoms with E-state index in [9.17, 15) is 0 Å². The van der Waals surface area contributed by atoms with Gasteiger partial charge in [-0.15, -0.1) is 23.1 Å². The molecule has 1 unspecified atom stereocenters. The van der Waals surface area contributed by atoms with E-state index in [2.05, 4.69) is 58.4 Å². The quantitative estimate of drug-likeness (QED) is 0.593. The van der Waals surface area contributed by atoms with Crippen LogP contribution in [-0.2, 0) is 0 Å². The molecule has 100 valence electrons. The highest BCUT2D eigenvalue weighted by Crippen LogP contribution is 2.45. The first-order valence-electron chi connectivity index (χ1n) is 6.09. The lowest BCUT2D eigenvalue weighted by Crippen LogP contribution is -2.19. The second-order valence-corrected chi connectivity index (χ2v) is 8.92. The highest BCUT2D eigenvalue weighted by Gasteiger charge is 2.26. The molecule has 0 amide bonds. The summed E-state index contributed by atoms with van der Waals surface area (Å²) in [5.74, 6) is 0. The monoisotopic (exact) mass is 421 g/mol. The lowest BCUT2D eigenvalue weighted by atomic mass is 10.0. The number of thioether (sulfide) groups is 1.